The Bertz CT molecular complexity index is 825. The number of carbonyl (C=O) groups is 2. The molecule has 23 heavy (non-hydrogen) atoms. The fraction of sp³-hybridized carbons (Fsp3) is 0. The molecule has 3 rings (SSSR count). The quantitative estimate of drug-likeness (QED) is 0.633. The molecular formula is C20H14O3. The number of ether oxygens (including phenoxy) is 1. The molecule has 0 radical (unpaired) electrons. The van der Waals surface area contributed by atoms with Crippen LogP contribution in [0.3, 0.4) is 0 Å². The Hall–Kier alpha value is -3.20. The van der Waals surface area contributed by atoms with Gasteiger partial charge in [-0.15, -0.1) is 0 Å². The summed E-state index contributed by atoms with van der Waals surface area (Å²) in [5.41, 5.74) is 2.76. The second-order valence-corrected chi connectivity index (χ2v) is 5.08. The zero-order valence-corrected chi connectivity index (χ0v) is 12.4. The van der Waals surface area contributed by atoms with Crippen molar-refractivity contribution in [2.45, 2.75) is 0 Å². The summed E-state index contributed by atoms with van der Waals surface area (Å²) < 4.78 is 5.17. The van der Waals surface area contributed by atoms with Crippen molar-refractivity contribution in [3.8, 4) is 11.1 Å². The first-order valence-corrected chi connectivity index (χ1v) is 7.15. The maximum absolute atomic E-state index is 12.1. The molecule has 0 fully saturated rings. The molecule has 0 N–H and O–H groups in total. The van der Waals surface area contributed by atoms with E-state index in [9.17, 15) is 9.59 Å². The van der Waals surface area contributed by atoms with Crippen LogP contribution in [0.1, 0.15) is 10.4 Å². The predicted molar refractivity (Wildman–Crippen MR) is 88.7 cm³/mol. The molecule has 0 saturated heterocycles. The van der Waals surface area contributed by atoms with Crippen LogP contribution in [0, 0.1) is 0 Å². The number of benzene rings is 2. The van der Waals surface area contributed by atoms with Gasteiger partial charge in [-0.25, -0.2) is 4.79 Å². The van der Waals surface area contributed by atoms with E-state index in [0.29, 0.717) is 11.1 Å². The van der Waals surface area contributed by atoms with E-state index in [2.05, 4.69) is 6.58 Å². The number of rotatable bonds is 3. The summed E-state index contributed by atoms with van der Waals surface area (Å²) in [4.78, 5) is 24.0. The third-order valence-electron chi connectivity index (χ3n) is 3.49. The Morgan fingerprint density at radius 3 is 2.26 bits per heavy atom. The summed E-state index contributed by atoms with van der Waals surface area (Å²) in [6, 6.07) is 16.9. The number of carbonyl (C=O) groups excluding carboxylic acids is 2. The fourth-order valence-corrected chi connectivity index (χ4v) is 2.23. The predicted octanol–water partition coefficient (Wildman–Crippen LogP) is 4.09. The molecule has 0 atom stereocenters. The van der Waals surface area contributed by atoms with Crippen LogP contribution in [0.4, 0.5) is 0 Å². The number of ketones is 1. The van der Waals surface area contributed by atoms with Gasteiger partial charge in [-0.05, 0) is 29.3 Å². The Labute approximate surface area is 134 Å². The molecule has 3 heteroatoms. The lowest BCUT2D eigenvalue weighted by Gasteiger charge is -2.10. The maximum Gasteiger partial charge on any atom is 0.343 e. The average Bonchev–Trinajstić information content (AvgIpc) is 2.60. The molecule has 0 bridgehead atoms. The number of hydrogen-bond acceptors (Lipinski definition) is 3. The van der Waals surface area contributed by atoms with Crippen LogP contribution in [0.25, 0.3) is 11.1 Å². The van der Waals surface area contributed by atoms with Crippen molar-refractivity contribution in [3.63, 3.8) is 0 Å². The largest absolute Gasteiger partial charge is 0.419 e. The zero-order valence-electron chi connectivity index (χ0n) is 12.4. The molecule has 112 valence electrons. The van der Waals surface area contributed by atoms with Crippen LogP contribution >= 0.6 is 0 Å². The highest BCUT2D eigenvalue weighted by Gasteiger charge is 2.19. The lowest BCUT2D eigenvalue weighted by atomic mass is 10.0. The van der Waals surface area contributed by atoms with Gasteiger partial charge in [0.05, 0.1) is 5.56 Å². The highest BCUT2D eigenvalue weighted by Crippen LogP contribution is 2.20. The lowest BCUT2D eigenvalue weighted by Crippen LogP contribution is -2.14. The molecule has 0 saturated carbocycles. The first-order valence-electron chi connectivity index (χ1n) is 7.15. The van der Waals surface area contributed by atoms with Crippen molar-refractivity contribution in [3.05, 3.63) is 96.3 Å². The molecule has 0 aliphatic heterocycles. The minimum absolute atomic E-state index is 0.00497. The van der Waals surface area contributed by atoms with E-state index in [-0.39, 0.29) is 11.5 Å². The second kappa shape index (κ2) is 6.28. The average molecular weight is 302 g/mol. The van der Waals surface area contributed by atoms with E-state index < -0.39 is 5.97 Å². The molecule has 1 aliphatic carbocycles. The lowest BCUT2D eigenvalue weighted by molar-refractivity contribution is -0.114. The summed E-state index contributed by atoms with van der Waals surface area (Å²) in [6.45, 7) is 3.60. The second-order valence-electron chi connectivity index (χ2n) is 5.08. The first kappa shape index (κ1) is 14.7. The number of allylic oxidation sites excluding steroid dienone is 4. The summed E-state index contributed by atoms with van der Waals surface area (Å²) in [5.74, 6) is -0.941. The van der Waals surface area contributed by atoms with Crippen LogP contribution in [0.2, 0.25) is 0 Å². The molecule has 3 nitrogen and oxygen atoms in total. The fourth-order valence-electron chi connectivity index (χ4n) is 2.23. The summed E-state index contributed by atoms with van der Waals surface area (Å²) >= 11 is 0. The molecule has 1 aliphatic rings. The molecular weight excluding hydrogens is 288 g/mol. The van der Waals surface area contributed by atoms with E-state index >= 15 is 0 Å². The van der Waals surface area contributed by atoms with Gasteiger partial charge in [0.2, 0.25) is 5.78 Å². The van der Waals surface area contributed by atoms with Crippen molar-refractivity contribution >= 4 is 11.8 Å². The number of hydrogen-bond donors (Lipinski definition) is 0. The van der Waals surface area contributed by atoms with Crippen molar-refractivity contribution in [1.29, 1.82) is 0 Å². The Balaban J connectivity index is 1.76. The van der Waals surface area contributed by atoms with Crippen LogP contribution in [0.15, 0.2) is 90.7 Å². The van der Waals surface area contributed by atoms with E-state index in [4.69, 9.17) is 4.74 Å². The van der Waals surface area contributed by atoms with Gasteiger partial charge in [-0.3, -0.25) is 4.79 Å². The molecule has 2 aromatic rings. The summed E-state index contributed by atoms with van der Waals surface area (Å²) in [6.07, 6.45) is 4.67. The highest BCUT2D eigenvalue weighted by molar-refractivity contribution is 6.11. The van der Waals surface area contributed by atoms with Crippen LogP contribution in [-0.2, 0) is 9.53 Å². The van der Waals surface area contributed by atoms with Gasteiger partial charge in [0.1, 0.15) is 0 Å². The topological polar surface area (TPSA) is 43.4 Å². The minimum Gasteiger partial charge on any atom is -0.419 e. The molecule has 2 aromatic carbocycles. The normalized spacial score (nSPS) is 13.7. The standard InChI is InChI=1S/C20H14O3/c1-14-6-5-9-18(19(14)21)23-20(22)17-12-10-16(11-13-17)15-7-3-2-4-8-15/h2-13H,1H2. The van der Waals surface area contributed by atoms with Gasteiger partial charge in [0.15, 0.2) is 5.76 Å². The highest BCUT2D eigenvalue weighted by atomic mass is 16.5. The van der Waals surface area contributed by atoms with Gasteiger partial charge in [-0.1, -0.05) is 61.2 Å². The van der Waals surface area contributed by atoms with Crippen LogP contribution in [-0.4, -0.2) is 11.8 Å². The van der Waals surface area contributed by atoms with Crippen LogP contribution < -0.4 is 0 Å². The summed E-state index contributed by atoms with van der Waals surface area (Å²) in [5, 5.41) is 0. The van der Waals surface area contributed by atoms with E-state index in [1.807, 2.05) is 42.5 Å². The molecule has 0 aromatic heterocycles. The van der Waals surface area contributed by atoms with Crippen molar-refractivity contribution in [1.82, 2.24) is 0 Å². The van der Waals surface area contributed by atoms with Crippen molar-refractivity contribution in [2.24, 2.45) is 0 Å². The smallest absolute Gasteiger partial charge is 0.343 e. The monoisotopic (exact) mass is 302 g/mol. The summed E-state index contributed by atoms with van der Waals surface area (Å²) in [7, 11) is 0. The van der Waals surface area contributed by atoms with E-state index in [1.54, 1.807) is 24.3 Å². The van der Waals surface area contributed by atoms with Crippen molar-refractivity contribution < 1.29 is 14.3 Å². The van der Waals surface area contributed by atoms with E-state index in [1.165, 1.54) is 6.08 Å². The third-order valence-corrected chi connectivity index (χ3v) is 3.49. The number of Topliss-reactive ketones (excluding diaryl/α,β-unsaturated/α-hetero) is 1. The van der Waals surface area contributed by atoms with E-state index in [0.717, 1.165) is 11.1 Å². The van der Waals surface area contributed by atoms with Crippen LogP contribution in [0.5, 0.6) is 0 Å². The zero-order chi connectivity index (χ0) is 16.2. The Morgan fingerprint density at radius 2 is 1.57 bits per heavy atom. The maximum atomic E-state index is 12.1. The molecule has 0 amide bonds. The first-order chi connectivity index (χ1) is 11.1. The third kappa shape index (κ3) is 3.19. The van der Waals surface area contributed by atoms with Gasteiger partial charge >= 0.3 is 5.97 Å². The van der Waals surface area contributed by atoms with Gasteiger partial charge in [0.25, 0.3) is 0 Å². The molecule has 0 heterocycles. The van der Waals surface area contributed by atoms with Gasteiger partial charge < -0.3 is 4.74 Å². The van der Waals surface area contributed by atoms with Crippen molar-refractivity contribution in [2.75, 3.05) is 0 Å². The molecule has 0 unspecified atom stereocenters. The Kier molecular flexibility index (Phi) is 4.02. The van der Waals surface area contributed by atoms with Gasteiger partial charge in [-0.2, -0.15) is 0 Å². The van der Waals surface area contributed by atoms with Gasteiger partial charge in [0, 0.05) is 5.57 Å². The number of esters is 1. The molecule has 0 spiro atoms. The minimum atomic E-state index is -0.563. The Morgan fingerprint density at radius 1 is 0.913 bits per heavy atom. The SMILES string of the molecule is C=C1C=CC=C(OC(=O)c2ccc(-c3ccccc3)cc2)C1=O.